The van der Waals surface area contributed by atoms with Crippen LogP contribution in [0.4, 0.5) is 0 Å². The second-order valence-corrected chi connectivity index (χ2v) is 8.35. The Morgan fingerprint density at radius 1 is 0.889 bits per heavy atom. The Bertz CT molecular complexity index is 690. The lowest BCUT2D eigenvalue weighted by Crippen LogP contribution is -2.29. The molecular weight excluding hydrogens is 330 g/mol. The van der Waals surface area contributed by atoms with E-state index in [1.54, 1.807) is 0 Å². The zero-order valence-corrected chi connectivity index (χ0v) is 17.4. The Labute approximate surface area is 165 Å². The average molecular weight is 366 g/mol. The summed E-state index contributed by atoms with van der Waals surface area (Å²) in [6.45, 7) is 9.57. The van der Waals surface area contributed by atoms with Crippen LogP contribution < -0.4 is 5.32 Å². The molecule has 1 unspecified atom stereocenters. The van der Waals surface area contributed by atoms with E-state index in [0.717, 1.165) is 19.3 Å². The van der Waals surface area contributed by atoms with Gasteiger partial charge in [-0.05, 0) is 41.4 Å². The average Bonchev–Trinajstić information content (AvgIpc) is 2.63. The van der Waals surface area contributed by atoms with Gasteiger partial charge in [0.05, 0.1) is 0 Å². The summed E-state index contributed by atoms with van der Waals surface area (Å²) in [4.78, 5) is 12.3. The summed E-state index contributed by atoms with van der Waals surface area (Å²) in [5, 5.41) is 3.20. The first-order chi connectivity index (χ1) is 13.0. The molecule has 2 rings (SSSR count). The van der Waals surface area contributed by atoms with Crippen molar-refractivity contribution >= 4 is 5.91 Å². The summed E-state index contributed by atoms with van der Waals surface area (Å²) in [6.07, 6.45) is 3.74. The summed E-state index contributed by atoms with van der Waals surface area (Å²) in [5.74, 6) is 1.61. The summed E-state index contributed by atoms with van der Waals surface area (Å²) in [6, 6.07) is 19.2. The molecular formula is C25H35NO. The minimum absolute atomic E-state index is 0.165. The first-order valence-corrected chi connectivity index (χ1v) is 10.4. The molecule has 0 spiro atoms. The summed E-state index contributed by atoms with van der Waals surface area (Å²) >= 11 is 0. The van der Waals surface area contributed by atoms with Gasteiger partial charge >= 0.3 is 0 Å². The van der Waals surface area contributed by atoms with Crippen molar-refractivity contribution in [1.29, 1.82) is 0 Å². The van der Waals surface area contributed by atoms with Crippen LogP contribution in [0.25, 0.3) is 0 Å². The predicted molar refractivity (Wildman–Crippen MR) is 115 cm³/mol. The second kappa shape index (κ2) is 10.9. The zero-order valence-electron chi connectivity index (χ0n) is 17.4. The van der Waals surface area contributed by atoms with Gasteiger partial charge in [-0.3, -0.25) is 4.79 Å². The lowest BCUT2D eigenvalue weighted by atomic mass is 9.85. The van der Waals surface area contributed by atoms with Crippen molar-refractivity contribution in [2.75, 3.05) is 6.54 Å². The molecule has 2 aromatic carbocycles. The minimum atomic E-state index is 0.165. The smallest absolute Gasteiger partial charge is 0.220 e. The highest BCUT2D eigenvalue weighted by Gasteiger charge is 2.18. The lowest BCUT2D eigenvalue weighted by Gasteiger charge is -2.22. The van der Waals surface area contributed by atoms with Crippen molar-refractivity contribution in [3.63, 3.8) is 0 Å². The molecule has 2 heteroatoms. The zero-order chi connectivity index (χ0) is 19.6. The molecule has 1 atom stereocenters. The minimum Gasteiger partial charge on any atom is -0.355 e. The second-order valence-electron chi connectivity index (χ2n) is 8.35. The van der Waals surface area contributed by atoms with Gasteiger partial charge in [-0.2, -0.15) is 0 Å². The van der Waals surface area contributed by atoms with Gasteiger partial charge in [-0.1, -0.05) is 88.7 Å². The molecule has 2 aromatic rings. The summed E-state index contributed by atoms with van der Waals surface area (Å²) in [7, 11) is 0. The lowest BCUT2D eigenvalue weighted by molar-refractivity contribution is -0.121. The van der Waals surface area contributed by atoms with E-state index in [-0.39, 0.29) is 11.8 Å². The third-order valence-corrected chi connectivity index (χ3v) is 4.95. The van der Waals surface area contributed by atoms with E-state index < -0.39 is 0 Å². The van der Waals surface area contributed by atoms with Crippen molar-refractivity contribution in [2.24, 2.45) is 11.8 Å². The van der Waals surface area contributed by atoms with Crippen LogP contribution in [0, 0.1) is 11.8 Å². The molecule has 0 bridgehead atoms. The molecule has 27 heavy (non-hydrogen) atoms. The van der Waals surface area contributed by atoms with Crippen LogP contribution >= 0.6 is 0 Å². The first kappa shape index (κ1) is 21.2. The van der Waals surface area contributed by atoms with Crippen LogP contribution in [0.15, 0.2) is 54.6 Å². The molecule has 1 amide bonds. The predicted octanol–water partition coefficient (Wildman–Crippen LogP) is 5.96. The third-order valence-electron chi connectivity index (χ3n) is 4.95. The van der Waals surface area contributed by atoms with Crippen LogP contribution in [0.3, 0.4) is 0 Å². The molecule has 1 N–H and O–H groups in total. The van der Waals surface area contributed by atoms with Gasteiger partial charge in [-0.25, -0.2) is 0 Å². The van der Waals surface area contributed by atoms with Crippen molar-refractivity contribution in [2.45, 2.75) is 59.3 Å². The Kier molecular flexibility index (Phi) is 8.57. The fourth-order valence-electron chi connectivity index (χ4n) is 3.57. The van der Waals surface area contributed by atoms with E-state index >= 15 is 0 Å². The largest absolute Gasteiger partial charge is 0.355 e. The van der Waals surface area contributed by atoms with E-state index in [4.69, 9.17) is 0 Å². The van der Waals surface area contributed by atoms with Crippen LogP contribution in [-0.2, 0) is 11.2 Å². The molecule has 2 nitrogen and oxygen atoms in total. The maximum atomic E-state index is 12.3. The van der Waals surface area contributed by atoms with E-state index in [9.17, 15) is 4.79 Å². The van der Waals surface area contributed by atoms with Gasteiger partial charge in [0.25, 0.3) is 0 Å². The normalized spacial score (nSPS) is 12.4. The third kappa shape index (κ3) is 7.21. The number of nitrogens with one attached hydrogen (secondary N) is 1. The molecule has 0 heterocycles. The number of carbonyl (C=O) groups excluding carboxylic acids is 1. The van der Waals surface area contributed by atoms with E-state index in [0.29, 0.717) is 24.8 Å². The molecule has 0 aliphatic heterocycles. The molecule has 0 saturated carbocycles. The Hall–Kier alpha value is -2.09. The topological polar surface area (TPSA) is 29.1 Å². The number of rotatable bonds is 10. The molecule has 0 radical (unpaired) electrons. The maximum Gasteiger partial charge on any atom is 0.220 e. The number of amides is 1. The van der Waals surface area contributed by atoms with Crippen molar-refractivity contribution < 1.29 is 4.79 Å². The standard InChI is InChI=1S/C25H35NO/c1-19(2)11-10-16-25(27)26-18-24(21-12-6-5-7-13-21)23-15-9-8-14-22(23)17-20(3)4/h5-9,12-15,19-20,24H,10-11,16-18H2,1-4H3,(H,26,27). The van der Waals surface area contributed by atoms with E-state index in [1.165, 1.54) is 16.7 Å². The van der Waals surface area contributed by atoms with Crippen molar-refractivity contribution in [3.8, 4) is 0 Å². The molecule has 146 valence electrons. The Balaban J connectivity index is 2.15. The van der Waals surface area contributed by atoms with Crippen LogP contribution in [0.2, 0.25) is 0 Å². The number of benzene rings is 2. The summed E-state index contributed by atoms with van der Waals surface area (Å²) in [5.41, 5.74) is 3.98. The Morgan fingerprint density at radius 2 is 1.56 bits per heavy atom. The van der Waals surface area contributed by atoms with E-state index in [2.05, 4.69) is 81.5 Å². The number of hydrogen-bond donors (Lipinski definition) is 1. The maximum absolute atomic E-state index is 12.3. The van der Waals surface area contributed by atoms with Gasteiger partial charge in [-0.15, -0.1) is 0 Å². The highest BCUT2D eigenvalue weighted by atomic mass is 16.1. The summed E-state index contributed by atoms with van der Waals surface area (Å²) < 4.78 is 0. The number of carbonyl (C=O) groups is 1. The fourth-order valence-corrected chi connectivity index (χ4v) is 3.57. The molecule has 0 saturated heterocycles. The highest BCUT2D eigenvalue weighted by molar-refractivity contribution is 5.76. The van der Waals surface area contributed by atoms with Crippen LogP contribution in [0.1, 0.15) is 69.6 Å². The van der Waals surface area contributed by atoms with Gasteiger partial charge < -0.3 is 5.32 Å². The van der Waals surface area contributed by atoms with Crippen molar-refractivity contribution in [3.05, 3.63) is 71.3 Å². The monoisotopic (exact) mass is 365 g/mol. The van der Waals surface area contributed by atoms with Gasteiger partial charge in [0.2, 0.25) is 5.91 Å². The van der Waals surface area contributed by atoms with Gasteiger partial charge in [0.15, 0.2) is 0 Å². The molecule has 0 aromatic heterocycles. The molecule has 0 aliphatic rings. The van der Waals surface area contributed by atoms with Crippen LogP contribution in [-0.4, -0.2) is 12.5 Å². The van der Waals surface area contributed by atoms with Crippen molar-refractivity contribution in [1.82, 2.24) is 5.32 Å². The molecule has 0 aliphatic carbocycles. The highest BCUT2D eigenvalue weighted by Crippen LogP contribution is 2.28. The van der Waals surface area contributed by atoms with Gasteiger partial charge in [0.1, 0.15) is 0 Å². The Morgan fingerprint density at radius 3 is 2.22 bits per heavy atom. The fraction of sp³-hybridized carbons (Fsp3) is 0.480. The number of hydrogen-bond acceptors (Lipinski definition) is 1. The van der Waals surface area contributed by atoms with E-state index in [1.807, 2.05) is 6.07 Å². The first-order valence-electron chi connectivity index (χ1n) is 10.4. The SMILES string of the molecule is CC(C)CCCC(=O)NCC(c1ccccc1)c1ccccc1CC(C)C. The molecule has 0 fully saturated rings. The van der Waals surface area contributed by atoms with Gasteiger partial charge in [0, 0.05) is 18.9 Å². The quantitative estimate of drug-likeness (QED) is 0.553. The van der Waals surface area contributed by atoms with Crippen LogP contribution in [0.5, 0.6) is 0 Å².